The second kappa shape index (κ2) is 7.93. The smallest absolute Gasteiger partial charge is 0.315 e. The molecule has 1 atom stereocenters. The molecule has 25 heavy (non-hydrogen) atoms. The lowest BCUT2D eigenvalue weighted by atomic mass is 10.0. The number of nitrogens with zero attached hydrogens (tertiary/aromatic N) is 1. The van der Waals surface area contributed by atoms with Crippen LogP contribution < -0.4 is 10.6 Å². The van der Waals surface area contributed by atoms with Crippen LogP contribution in [0.3, 0.4) is 0 Å². The second-order valence-corrected chi connectivity index (χ2v) is 9.56. The third-order valence-electron chi connectivity index (χ3n) is 4.81. The van der Waals surface area contributed by atoms with Crippen LogP contribution in [0.4, 0.5) is 4.79 Å². The fourth-order valence-corrected chi connectivity index (χ4v) is 5.20. The summed E-state index contributed by atoms with van der Waals surface area (Å²) in [5.74, 6) is 0.223. The van der Waals surface area contributed by atoms with Crippen molar-refractivity contribution < 1.29 is 13.2 Å². The number of carbonyl (C=O) groups excluding carboxylic acids is 1. The van der Waals surface area contributed by atoms with Gasteiger partial charge in [0.1, 0.15) is 0 Å². The Labute approximate surface area is 153 Å². The minimum atomic E-state index is -2.97. The van der Waals surface area contributed by atoms with E-state index in [-0.39, 0.29) is 29.6 Å². The van der Waals surface area contributed by atoms with Crippen LogP contribution in [0.15, 0.2) is 24.3 Å². The molecule has 1 aromatic rings. The van der Waals surface area contributed by atoms with Gasteiger partial charge >= 0.3 is 6.03 Å². The van der Waals surface area contributed by atoms with Crippen LogP contribution >= 0.6 is 11.6 Å². The summed E-state index contributed by atoms with van der Waals surface area (Å²) in [6, 6.07) is 7.51. The summed E-state index contributed by atoms with van der Waals surface area (Å²) in [6.45, 7) is 2.73. The molecule has 0 spiro atoms. The van der Waals surface area contributed by atoms with Gasteiger partial charge in [-0.15, -0.1) is 0 Å². The maximum atomic E-state index is 12.0. The van der Waals surface area contributed by atoms with Gasteiger partial charge in [0.15, 0.2) is 9.84 Å². The van der Waals surface area contributed by atoms with Crippen molar-refractivity contribution >= 4 is 27.5 Å². The predicted molar refractivity (Wildman–Crippen MR) is 98.5 cm³/mol. The molecule has 6 nitrogen and oxygen atoms in total. The van der Waals surface area contributed by atoms with E-state index in [0.717, 1.165) is 37.5 Å². The molecular weight excluding hydrogens is 362 g/mol. The average Bonchev–Trinajstić information content (AvgIpc) is 2.90. The SMILES string of the molecule is O=C(NC1CCN(Cc2ccc(Cl)cc2)CC1)NC1CCS(=O)(=O)C1. The number of rotatable bonds is 4. The van der Waals surface area contributed by atoms with Crippen molar-refractivity contribution in [3.05, 3.63) is 34.9 Å². The van der Waals surface area contributed by atoms with E-state index in [1.54, 1.807) is 0 Å². The summed E-state index contributed by atoms with van der Waals surface area (Å²) >= 11 is 5.91. The van der Waals surface area contributed by atoms with E-state index in [1.165, 1.54) is 5.56 Å². The Morgan fingerprint density at radius 3 is 2.32 bits per heavy atom. The molecule has 0 aliphatic carbocycles. The highest BCUT2D eigenvalue weighted by Crippen LogP contribution is 2.16. The predicted octanol–water partition coefficient (Wildman–Crippen LogP) is 1.79. The second-order valence-electron chi connectivity index (χ2n) is 6.89. The molecule has 0 saturated carbocycles. The van der Waals surface area contributed by atoms with Gasteiger partial charge in [-0.2, -0.15) is 0 Å². The third kappa shape index (κ3) is 5.59. The van der Waals surface area contributed by atoms with Crippen LogP contribution in [0.5, 0.6) is 0 Å². The van der Waals surface area contributed by atoms with Gasteiger partial charge in [0.05, 0.1) is 11.5 Å². The molecular formula is C17H24ClN3O3S. The minimum Gasteiger partial charge on any atom is -0.335 e. The monoisotopic (exact) mass is 385 g/mol. The summed E-state index contributed by atoms with van der Waals surface area (Å²) in [6.07, 6.45) is 2.29. The number of nitrogens with one attached hydrogen (secondary N) is 2. The fraction of sp³-hybridized carbons (Fsp3) is 0.588. The Morgan fingerprint density at radius 1 is 1.08 bits per heavy atom. The topological polar surface area (TPSA) is 78.5 Å². The van der Waals surface area contributed by atoms with Crippen molar-refractivity contribution in [1.29, 1.82) is 0 Å². The van der Waals surface area contributed by atoms with Gasteiger partial charge < -0.3 is 10.6 Å². The number of benzene rings is 1. The zero-order chi connectivity index (χ0) is 17.9. The zero-order valence-electron chi connectivity index (χ0n) is 14.1. The van der Waals surface area contributed by atoms with Gasteiger partial charge in [-0.05, 0) is 37.0 Å². The molecule has 3 rings (SSSR count). The van der Waals surface area contributed by atoms with Crippen LogP contribution in [0.25, 0.3) is 0 Å². The Kier molecular flexibility index (Phi) is 5.86. The van der Waals surface area contributed by atoms with Gasteiger partial charge in [-0.25, -0.2) is 13.2 Å². The Morgan fingerprint density at radius 2 is 1.72 bits per heavy atom. The molecule has 2 fully saturated rings. The van der Waals surface area contributed by atoms with Gasteiger partial charge in [-0.3, -0.25) is 4.90 Å². The van der Waals surface area contributed by atoms with Crippen LogP contribution in [0.1, 0.15) is 24.8 Å². The molecule has 2 saturated heterocycles. The maximum absolute atomic E-state index is 12.0. The molecule has 0 radical (unpaired) electrons. The quantitative estimate of drug-likeness (QED) is 0.828. The highest BCUT2D eigenvalue weighted by molar-refractivity contribution is 7.91. The Hall–Kier alpha value is -1.31. The van der Waals surface area contributed by atoms with Crippen molar-refractivity contribution in [1.82, 2.24) is 15.5 Å². The first-order chi connectivity index (χ1) is 11.9. The molecule has 2 N–H and O–H groups in total. The summed E-state index contributed by atoms with van der Waals surface area (Å²) in [4.78, 5) is 14.4. The minimum absolute atomic E-state index is 0.0555. The number of urea groups is 1. The van der Waals surface area contributed by atoms with E-state index in [1.807, 2.05) is 24.3 Å². The molecule has 0 bridgehead atoms. The summed E-state index contributed by atoms with van der Waals surface area (Å²) in [5.41, 5.74) is 1.23. The lowest BCUT2D eigenvalue weighted by Gasteiger charge is -2.32. The number of amides is 2. The van der Waals surface area contributed by atoms with Crippen LogP contribution in [0, 0.1) is 0 Å². The van der Waals surface area contributed by atoms with E-state index in [0.29, 0.717) is 6.42 Å². The lowest BCUT2D eigenvalue weighted by molar-refractivity contribution is 0.186. The van der Waals surface area contributed by atoms with E-state index >= 15 is 0 Å². The molecule has 8 heteroatoms. The van der Waals surface area contributed by atoms with Crippen molar-refractivity contribution in [2.45, 2.75) is 37.9 Å². The number of likely N-dealkylation sites (tertiary alicyclic amines) is 1. The van der Waals surface area contributed by atoms with Crippen LogP contribution in [-0.4, -0.2) is 56.0 Å². The Bertz CT molecular complexity index is 700. The molecule has 2 aliphatic rings. The first kappa shape index (κ1) is 18.5. The first-order valence-corrected chi connectivity index (χ1v) is 10.8. The van der Waals surface area contributed by atoms with E-state index in [9.17, 15) is 13.2 Å². The van der Waals surface area contributed by atoms with Crippen LogP contribution in [0.2, 0.25) is 5.02 Å². The Balaban J connectivity index is 1.38. The fourth-order valence-electron chi connectivity index (χ4n) is 3.40. The van der Waals surface area contributed by atoms with Crippen molar-refractivity contribution in [2.24, 2.45) is 0 Å². The standard InChI is InChI=1S/C17H24ClN3O3S/c18-14-3-1-13(2-4-14)11-21-8-5-15(6-9-21)19-17(22)20-16-7-10-25(23,24)12-16/h1-4,15-16H,5-12H2,(H2,19,20,22). The molecule has 2 amide bonds. The van der Waals surface area contributed by atoms with E-state index < -0.39 is 9.84 Å². The number of halogens is 1. The number of carbonyl (C=O) groups is 1. The van der Waals surface area contributed by atoms with Gasteiger partial charge in [0.2, 0.25) is 0 Å². The van der Waals surface area contributed by atoms with Gasteiger partial charge in [0, 0.05) is 36.7 Å². The lowest BCUT2D eigenvalue weighted by Crippen LogP contribution is -2.50. The number of sulfone groups is 1. The van der Waals surface area contributed by atoms with E-state index in [4.69, 9.17) is 11.6 Å². The first-order valence-electron chi connectivity index (χ1n) is 8.64. The highest BCUT2D eigenvalue weighted by Gasteiger charge is 2.29. The third-order valence-corrected chi connectivity index (χ3v) is 6.83. The number of hydrogen-bond donors (Lipinski definition) is 2. The van der Waals surface area contributed by atoms with Crippen molar-refractivity contribution in [3.8, 4) is 0 Å². The molecule has 0 aromatic heterocycles. The maximum Gasteiger partial charge on any atom is 0.315 e. The largest absolute Gasteiger partial charge is 0.335 e. The van der Waals surface area contributed by atoms with Crippen molar-refractivity contribution in [2.75, 3.05) is 24.6 Å². The van der Waals surface area contributed by atoms with Crippen LogP contribution in [-0.2, 0) is 16.4 Å². The highest BCUT2D eigenvalue weighted by atomic mass is 35.5. The molecule has 1 aromatic carbocycles. The van der Waals surface area contributed by atoms with E-state index in [2.05, 4.69) is 15.5 Å². The zero-order valence-corrected chi connectivity index (χ0v) is 15.7. The van der Waals surface area contributed by atoms with Gasteiger partial charge in [0.25, 0.3) is 0 Å². The normalized spacial score (nSPS) is 24.1. The molecule has 138 valence electrons. The number of hydrogen-bond acceptors (Lipinski definition) is 4. The van der Waals surface area contributed by atoms with Crippen molar-refractivity contribution in [3.63, 3.8) is 0 Å². The van der Waals surface area contributed by atoms with Gasteiger partial charge in [-0.1, -0.05) is 23.7 Å². The molecule has 2 heterocycles. The molecule has 2 aliphatic heterocycles. The summed E-state index contributed by atoms with van der Waals surface area (Å²) in [7, 11) is -2.97. The summed E-state index contributed by atoms with van der Waals surface area (Å²) < 4.78 is 22.9. The average molecular weight is 386 g/mol. The summed E-state index contributed by atoms with van der Waals surface area (Å²) in [5, 5.41) is 6.50. The number of piperidine rings is 1. The molecule has 1 unspecified atom stereocenters.